The molecule has 20 heavy (non-hydrogen) atoms. The number of carboxylic acid groups (broad SMARTS) is 1. The largest absolute Gasteiger partial charge is 0.478 e. The zero-order chi connectivity index (χ0) is 15.1. The van der Waals surface area contributed by atoms with Crippen LogP contribution in [0.3, 0.4) is 0 Å². The number of halogens is 1. The van der Waals surface area contributed by atoms with E-state index in [4.69, 9.17) is 5.11 Å². The summed E-state index contributed by atoms with van der Waals surface area (Å²) in [5, 5.41) is 27.4. The van der Waals surface area contributed by atoms with Crippen molar-refractivity contribution in [2.45, 2.75) is 17.1 Å². The van der Waals surface area contributed by atoms with Gasteiger partial charge in [0.05, 0.1) is 17.8 Å². The third kappa shape index (κ3) is 2.52. The molecule has 1 aromatic rings. The highest BCUT2D eigenvalue weighted by Gasteiger charge is 2.38. The molecule has 0 bridgehead atoms. The van der Waals surface area contributed by atoms with E-state index in [9.17, 15) is 27.8 Å². The Kier molecular flexibility index (Phi) is 3.78. The molecule has 110 valence electrons. The predicted octanol–water partition coefficient (Wildman–Crippen LogP) is -0.750. The number of aliphatic hydroxyl groups excluding tert-OH is 2. The molecule has 0 spiro atoms. The summed E-state index contributed by atoms with van der Waals surface area (Å²) in [6.07, 6.45) is -2.46. The van der Waals surface area contributed by atoms with Gasteiger partial charge in [0.1, 0.15) is 10.7 Å². The van der Waals surface area contributed by atoms with E-state index in [2.05, 4.69) is 0 Å². The Labute approximate surface area is 113 Å². The summed E-state index contributed by atoms with van der Waals surface area (Å²) < 4.78 is 38.8. The summed E-state index contributed by atoms with van der Waals surface area (Å²) in [4.78, 5) is 9.97. The van der Waals surface area contributed by atoms with Crippen molar-refractivity contribution in [3.05, 3.63) is 29.6 Å². The van der Waals surface area contributed by atoms with Gasteiger partial charge in [-0.3, -0.25) is 0 Å². The summed E-state index contributed by atoms with van der Waals surface area (Å²) in [5.41, 5.74) is -0.372. The minimum Gasteiger partial charge on any atom is -0.478 e. The summed E-state index contributed by atoms with van der Waals surface area (Å²) in [6.45, 7) is -0.687. The van der Waals surface area contributed by atoms with Crippen LogP contribution in [0.5, 0.6) is 0 Å². The maximum absolute atomic E-state index is 13.8. The standard InChI is InChI=1S/C11H12FNO6S/c12-7-3-6(11(16)17)1-2-10(7)20(18,19)13-4-8(14)9(15)5-13/h1-3,8-9,14-15H,4-5H2,(H,16,17)/t8-,9+. The van der Waals surface area contributed by atoms with Crippen molar-refractivity contribution in [3.63, 3.8) is 0 Å². The highest BCUT2D eigenvalue weighted by atomic mass is 32.2. The molecule has 0 radical (unpaired) electrons. The fourth-order valence-corrected chi connectivity index (χ4v) is 3.44. The zero-order valence-corrected chi connectivity index (χ0v) is 10.9. The minimum absolute atomic E-state index is 0.344. The molecule has 1 aliphatic heterocycles. The minimum atomic E-state index is -4.23. The van der Waals surface area contributed by atoms with Crippen molar-refractivity contribution >= 4 is 16.0 Å². The van der Waals surface area contributed by atoms with Crippen LogP contribution in [0, 0.1) is 5.82 Å². The fraction of sp³-hybridized carbons (Fsp3) is 0.364. The van der Waals surface area contributed by atoms with Gasteiger partial charge in [-0.05, 0) is 18.2 Å². The first kappa shape index (κ1) is 14.9. The van der Waals surface area contributed by atoms with Crippen LogP contribution < -0.4 is 0 Å². The predicted molar refractivity (Wildman–Crippen MR) is 64.1 cm³/mol. The molecular formula is C11H12FNO6S. The molecule has 1 heterocycles. The van der Waals surface area contributed by atoms with Gasteiger partial charge in [0.2, 0.25) is 10.0 Å². The van der Waals surface area contributed by atoms with Crippen LogP contribution in [-0.2, 0) is 10.0 Å². The second kappa shape index (κ2) is 5.09. The number of hydrogen-bond donors (Lipinski definition) is 3. The zero-order valence-electron chi connectivity index (χ0n) is 10.1. The van der Waals surface area contributed by atoms with Crippen molar-refractivity contribution in [2.75, 3.05) is 13.1 Å². The number of β-amino-alcohol motifs (C(OH)–C–C–N with tert-alkyl or cyclic N) is 2. The number of rotatable bonds is 3. The number of sulfonamides is 1. The third-order valence-corrected chi connectivity index (χ3v) is 4.89. The second-order valence-electron chi connectivity index (χ2n) is 4.41. The summed E-state index contributed by atoms with van der Waals surface area (Å²) in [5.74, 6) is -2.57. The molecule has 0 aliphatic carbocycles. The lowest BCUT2D eigenvalue weighted by Gasteiger charge is -2.16. The third-order valence-electron chi connectivity index (χ3n) is 3.02. The summed E-state index contributed by atoms with van der Waals surface area (Å²) in [6, 6.07) is 2.44. The van der Waals surface area contributed by atoms with Gasteiger partial charge in [0, 0.05) is 13.1 Å². The molecule has 0 unspecified atom stereocenters. The normalized spacial score (nSPS) is 23.9. The Bertz CT molecular complexity index is 636. The average Bonchev–Trinajstić information content (AvgIpc) is 2.69. The van der Waals surface area contributed by atoms with E-state index in [0.29, 0.717) is 6.07 Å². The van der Waals surface area contributed by atoms with E-state index in [1.807, 2.05) is 0 Å². The molecule has 0 amide bonds. The Morgan fingerprint density at radius 2 is 1.80 bits per heavy atom. The Hall–Kier alpha value is -1.55. The molecule has 0 saturated carbocycles. The fourth-order valence-electron chi connectivity index (χ4n) is 1.91. The number of nitrogens with zero attached hydrogens (tertiary/aromatic N) is 1. The SMILES string of the molecule is O=C(O)c1ccc(S(=O)(=O)N2C[C@@H](O)[C@@H](O)C2)c(F)c1. The van der Waals surface area contributed by atoms with Crippen LogP contribution in [0.1, 0.15) is 10.4 Å². The van der Waals surface area contributed by atoms with Crippen LogP contribution in [-0.4, -0.2) is 59.3 Å². The summed E-state index contributed by atoms with van der Waals surface area (Å²) in [7, 11) is -4.23. The van der Waals surface area contributed by atoms with Gasteiger partial charge in [-0.1, -0.05) is 0 Å². The van der Waals surface area contributed by atoms with E-state index in [-0.39, 0.29) is 18.7 Å². The van der Waals surface area contributed by atoms with E-state index in [0.717, 1.165) is 16.4 Å². The molecule has 1 aliphatic rings. The number of carbonyl (C=O) groups is 1. The monoisotopic (exact) mass is 305 g/mol. The maximum atomic E-state index is 13.8. The number of carboxylic acids is 1. The molecule has 1 saturated heterocycles. The molecule has 2 atom stereocenters. The van der Waals surface area contributed by atoms with Gasteiger partial charge in [-0.2, -0.15) is 4.31 Å². The van der Waals surface area contributed by atoms with Gasteiger partial charge in [-0.25, -0.2) is 17.6 Å². The molecule has 2 rings (SSSR count). The van der Waals surface area contributed by atoms with Gasteiger partial charge in [0.15, 0.2) is 0 Å². The van der Waals surface area contributed by atoms with E-state index in [1.54, 1.807) is 0 Å². The molecule has 0 aromatic heterocycles. The Morgan fingerprint density at radius 3 is 2.25 bits per heavy atom. The smallest absolute Gasteiger partial charge is 0.335 e. The molecule has 3 N–H and O–H groups in total. The molecule has 9 heteroatoms. The van der Waals surface area contributed by atoms with Crippen LogP contribution in [0.15, 0.2) is 23.1 Å². The number of aliphatic hydroxyl groups is 2. The van der Waals surface area contributed by atoms with Crippen LogP contribution in [0.25, 0.3) is 0 Å². The Balaban J connectivity index is 2.38. The van der Waals surface area contributed by atoms with E-state index >= 15 is 0 Å². The van der Waals surface area contributed by atoms with Gasteiger partial charge in [0.25, 0.3) is 0 Å². The number of hydrogen-bond acceptors (Lipinski definition) is 5. The first-order valence-corrected chi connectivity index (χ1v) is 7.06. The highest BCUT2D eigenvalue weighted by Crippen LogP contribution is 2.24. The van der Waals surface area contributed by atoms with Gasteiger partial charge >= 0.3 is 5.97 Å². The summed E-state index contributed by atoms with van der Waals surface area (Å²) >= 11 is 0. The first-order chi connectivity index (χ1) is 9.23. The highest BCUT2D eigenvalue weighted by molar-refractivity contribution is 7.89. The van der Waals surface area contributed by atoms with Crippen LogP contribution >= 0.6 is 0 Å². The Morgan fingerprint density at radius 1 is 1.25 bits per heavy atom. The van der Waals surface area contributed by atoms with Crippen molar-refractivity contribution in [2.24, 2.45) is 0 Å². The van der Waals surface area contributed by atoms with Crippen molar-refractivity contribution in [3.8, 4) is 0 Å². The van der Waals surface area contributed by atoms with E-state index < -0.39 is 38.9 Å². The molecule has 7 nitrogen and oxygen atoms in total. The molecule has 1 fully saturated rings. The maximum Gasteiger partial charge on any atom is 0.335 e. The lowest BCUT2D eigenvalue weighted by molar-refractivity contribution is 0.0572. The number of aromatic carboxylic acids is 1. The second-order valence-corrected chi connectivity index (χ2v) is 6.31. The van der Waals surface area contributed by atoms with Crippen LogP contribution in [0.2, 0.25) is 0 Å². The topological polar surface area (TPSA) is 115 Å². The number of benzene rings is 1. The van der Waals surface area contributed by atoms with Gasteiger partial charge < -0.3 is 15.3 Å². The van der Waals surface area contributed by atoms with Crippen molar-refractivity contribution in [1.82, 2.24) is 4.31 Å². The lowest BCUT2D eigenvalue weighted by atomic mass is 10.2. The molecular weight excluding hydrogens is 293 g/mol. The van der Waals surface area contributed by atoms with Crippen molar-refractivity contribution < 1.29 is 32.9 Å². The van der Waals surface area contributed by atoms with E-state index in [1.165, 1.54) is 0 Å². The lowest BCUT2D eigenvalue weighted by Crippen LogP contribution is -2.30. The van der Waals surface area contributed by atoms with Gasteiger partial charge in [-0.15, -0.1) is 0 Å². The van der Waals surface area contributed by atoms with Crippen molar-refractivity contribution in [1.29, 1.82) is 0 Å². The van der Waals surface area contributed by atoms with Crippen LogP contribution in [0.4, 0.5) is 4.39 Å². The first-order valence-electron chi connectivity index (χ1n) is 5.62. The quantitative estimate of drug-likeness (QED) is 0.677. The average molecular weight is 305 g/mol. The molecule has 1 aromatic carbocycles.